The standard InChI is InChI=1S/C21H26F3N3O6/c1-31-18(29)11-5-7-27(8-6-11)16-17(28)15(14-10-32-19(16)33-14)26-20(30)25-13-4-2-3-12(9-13)21(22,23)24/h2-4,9,11,14-17,19,28H,5-8,10H2,1H3,(H2,25,26,30)/t14-,15-,16-,17+,19-/m1/s1. The van der Waals surface area contributed by atoms with Crippen molar-refractivity contribution in [2.24, 2.45) is 5.92 Å². The average molecular weight is 473 g/mol. The van der Waals surface area contributed by atoms with Crippen molar-refractivity contribution >= 4 is 17.7 Å². The SMILES string of the molecule is COC(=O)C1CCN([C@H]2[C@@H]3OC[C@@H](O3)[C@@H](NC(=O)Nc3cccc(C(F)(F)F)c3)[C@@H]2O)CC1. The van der Waals surface area contributed by atoms with E-state index in [-0.39, 0.29) is 24.2 Å². The minimum absolute atomic E-state index is 0.0319. The van der Waals surface area contributed by atoms with Crippen LogP contribution in [0.2, 0.25) is 0 Å². The molecule has 12 heteroatoms. The number of benzene rings is 1. The van der Waals surface area contributed by atoms with E-state index in [1.807, 2.05) is 4.90 Å². The third-order valence-corrected chi connectivity index (χ3v) is 6.36. The molecule has 0 saturated carbocycles. The highest BCUT2D eigenvalue weighted by molar-refractivity contribution is 5.89. The lowest BCUT2D eigenvalue weighted by atomic mass is 9.91. The molecule has 2 bridgehead atoms. The minimum Gasteiger partial charge on any atom is -0.469 e. The van der Waals surface area contributed by atoms with E-state index in [0.29, 0.717) is 25.9 Å². The third-order valence-electron chi connectivity index (χ3n) is 6.36. The zero-order valence-electron chi connectivity index (χ0n) is 17.9. The van der Waals surface area contributed by atoms with Crippen LogP contribution in [0.25, 0.3) is 0 Å². The molecule has 3 aliphatic rings. The fraction of sp³-hybridized carbons (Fsp3) is 0.619. The van der Waals surface area contributed by atoms with E-state index in [0.717, 1.165) is 12.1 Å². The summed E-state index contributed by atoms with van der Waals surface area (Å²) in [7, 11) is 1.35. The van der Waals surface area contributed by atoms with Crippen molar-refractivity contribution in [2.45, 2.75) is 49.6 Å². The van der Waals surface area contributed by atoms with Gasteiger partial charge in [0.1, 0.15) is 6.10 Å². The number of alkyl halides is 3. The monoisotopic (exact) mass is 473 g/mol. The number of hydrogen-bond acceptors (Lipinski definition) is 7. The quantitative estimate of drug-likeness (QED) is 0.570. The first kappa shape index (κ1) is 23.7. The molecule has 2 amide bonds. The summed E-state index contributed by atoms with van der Waals surface area (Å²) < 4.78 is 55.1. The highest BCUT2D eigenvalue weighted by Crippen LogP contribution is 2.34. The van der Waals surface area contributed by atoms with Gasteiger partial charge in [-0.05, 0) is 44.1 Å². The molecular weight excluding hydrogens is 447 g/mol. The predicted octanol–water partition coefficient (Wildman–Crippen LogP) is 1.57. The van der Waals surface area contributed by atoms with Gasteiger partial charge in [0.05, 0.1) is 43.4 Å². The molecule has 1 aromatic rings. The van der Waals surface area contributed by atoms with E-state index < -0.39 is 48.4 Å². The van der Waals surface area contributed by atoms with Gasteiger partial charge in [-0.2, -0.15) is 13.2 Å². The van der Waals surface area contributed by atoms with Crippen molar-refractivity contribution in [2.75, 3.05) is 32.1 Å². The Hall–Kier alpha value is -2.41. The zero-order chi connectivity index (χ0) is 23.8. The Balaban J connectivity index is 1.40. The molecule has 0 spiro atoms. The summed E-state index contributed by atoms with van der Waals surface area (Å²) in [6.45, 7) is 1.18. The molecule has 182 valence electrons. The summed E-state index contributed by atoms with van der Waals surface area (Å²) in [5.41, 5.74) is -0.917. The molecule has 3 saturated heterocycles. The number of aliphatic hydroxyl groups is 1. The molecule has 3 fully saturated rings. The highest BCUT2D eigenvalue weighted by Gasteiger charge is 2.53. The number of halogens is 3. The van der Waals surface area contributed by atoms with E-state index in [1.165, 1.54) is 19.2 Å². The Morgan fingerprint density at radius 2 is 1.97 bits per heavy atom. The van der Waals surface area contributed by atoms with Crippen LogP contribution in [0.4, 0.5) is 23.7 Å². The van der Waals surface area contributed by atoms with Crippen LogP contribution in [-0.4, -0.2) is 79.4 Å². The first-order valence-electron chi connectivity index (χ1n) is 10.7. The number of anilines is 1. The number of aliphatic hydroxyl groups excluding tert-OH is 1. The maximum absolute atomic E-state index is 12.9. The van der Waals surface area contributed by atoms with E-state index in [4.69, 9.17) is 14.2 Å². The number of nitrogens with one attached hydrogen (secondary N) is 2. The topological polar surface area (TPSA) is 109 Å². The smallest absolute Gasteiger partial charge is 0.416 e. The Morgan fingerprint density at radius 3 is 2.64 bits per heavy atom. The number of likely N-dealkylation sites (tertiary alicyclic amines) is 1. The number of amides is 2. The number of fused-ring (bicyclic) bond motifs is 2. The van der Waals surface area contributed by atoms with Crippen LogP contribution in [0.3, 0.4) is 0 Å². The molecule has 9 nitrogen and oxygen atoms in total. The van der Waals surface area contributed by atoms with Crippen LogP contribution in [-0.2, 0) is 25.2 Å². The number of urea groups is 1. The largest absolute Gasteiger partial charge is 0.469 e. The van der Waals surface area contributed by atoms with Gasteiger partial charge >= 0.3 is 18.2 Å². The number of nitrogens with zero attached hydrogens (tertiary/aromatic N) is 1. The number of hydrogen-bond donors (Lipinski definition) is 3. The fourth-order valence-electron chi connectivity index (χ4n) is 4.66. The molecule has 0 aromatic heterocycles. The van der Waals surface area contributed by atoms with Gasteiger partial charge in [0.15, 0.2) is 6.29 Å². The molecule has 0 aliphatic carbocycles. The van der Waals surface area contributed by atoms with Crippen LogP contribution in [0.5, 0.6) is 0 Å². The van der Waals surface area contributed by atoms with Gasteiger partial charge in [-0.25, -0.2) is 4.79 Å². The van der Waals surface area contributed by atoms with Gasteiger partial charge in [0, 0.05) is 5.69 Å². The van der Waals surface area contributed by atoms with Gasteiger partial charge in [0.2, 0.25) is 0 Å². The molecule has 33 heavy (non-hydrogen) atoms. The minimum atomic E-state index is -4.54. The number of carbonyl (C=O) groups is 2. The van der Waals surface area contributed by atoms with Crippen LogP contribution < -0.4 is 10.6 Å². The third kappa shape index (κ3) is 5.08. The van der Waals surface area contributed by atoms with Gasteiger partial charge in [-0.1, -0.05) is 6.07 Å². The van der Waals surface area contributed by atoms with Crippen molar-refractivity contribution in [3.8, 4) is 0 Å². The molecule has 3 N–H and O–H groups in total. The molecule has 0 unspecified atom stereocenters. The average Bonchev–Trinajstić information content (AvgIpc) is 3.21. The highest BCUT2D eigenvalue weighted by atomic mass is 19.4. The fourth-order valence-corrected chi connectivity index (χ4v) is 4.66. The normalized spacial score (nSPS) is 30.6. The molecule has 3 heterocycles. The van der Waals surface area contributed by atoms with Crippen LogP contribution in [0.15, 0.2) is 24.3 Å². The maximum atomic E-state index is 12.9. The van der Waals surface area contributed by atoms with Gasteiger partial charge in [-0.3, -0.25) is 9.69 Å². The molecular formula is C21H26F3N3O6. The lowest BCUT2D eigenvalue weighted by Gasteiger charge is -2.45. The number of methoxy groups -OCH3 is 1. The number of ether oxygens (including phenoxy) is 3. The molecule has 4 rings (SSSR count). The van der Waals surface area contributed by atoms with Gasteiger partial charge in [-0.15, -0.1) is 0 Å². The van der Waals surface area contributed by atoms with E-state index in [2.05, 4.69) is 10.6 Å². The first-order valence-corrected chi connectivity index (χ1v) is 10.7. The van der Waals surface area contributed by atoms with Crippen LogP contribution >= 0.6 is 0 Å². The first-order chi connectivity index (χ1) is 15.7. The summed E-state index contributed by atoms with van der Waals surface area (Å²) in [5.74, 6) is -0.476. The maximum Gasteiger partial charge on any atom is 0.416 e. The van der Waals surface area contributed by atoms with Crippen molar-refractivity contribution in [3.63, 3.8) is 0 Å². The molecule has 0 radical (unpaired) electrons. The number of carbonyl (C=O) groups excluding carboxylic acids is 2. The lowest BCUT2D eigenvalue weighted by molar-refractivity contribution is -0.185. The predicted molar refractivity (Wildman–Crippen MR) is 108 cm³/mol. The summed E-state index contributed by atoms with van der Waals surface area (Å²) in [5, 5.41) is 16.1. The molecule has 5 atom stereocenters. The molecule has 3 aliphatic heterocycles. The van der Waals surface area contributed by atoms with Crippen LogP contribution in [0, 0.1) is 5.92 Å². The van der Waals surface area contributed by atoms with Crippen molar-refractivity contribution in [1.82, 2.24) is 10.2 Å². The molecule has 1 aromatic carbocycles. The van der Waals surface area contributed by atoms with E-state index in [9.17, 15) is 27.9 Å². The lowest BCUT2D eigenvalue weighted by Crippen LogP contribution is -2.66. The van der Waals surface area contributed by atoms with Crippen molar-refractivity contribution in [1.29, 1.82) is 0 Å². The Kier molecular flexibility index (Phi) is 6.80. The Labute approximate surface area is 188 Å². The number of esters is 1. The van der Waals surface area contributed by atoms with Gasteiger partial charge in [0.25, 0.3) is 0 Å². The van der Waals surface area contributed by atoms with Gasteiger partial charge < -0.3 is 30.0 Å². The van der Waals surface area contributed by atoms with E-state index in [1.54, 1.807) is 0 Å². The van der Waals surface area contributed by atoms with E-state index >= 15 is 0 Å². The number of piperidine rings is 1. The second-order valence-corrected chi connectivity index (χ2v) is 8.39. The summed E-state index contributed by atoms with van der Waals surface area (Å²) in [6, 6.07) is 2.10. The zero-order valence-corrected chi connectivity index (χ0v) is 17.9. The second-order valence-electron chi connectivity index (χ2n) is 8.39. The Bertz CT molecular complexity index is 877. The second kappa shape index (κ2) is 9.45. The van der Waals surface area contributed by atoms with Crippen molar-refractivity contribution in [3.05, 3.63) is 29.8 Å². The van der Waals surface area contributed by atoms with Crippen LogP contribution in [0.1, 0.15) is 18.4 Å². The summed E-state index contributed by atoms with van der Waals surface area (Å²) in [4.78, 5) is 26.3. The Morgan fingerprint density at radius 1 is 1.24 bits per heavy atom. The summed E-state index contributed by atoms with van der Waals surface area (Å²) >= 11 is 0. The van der Waals surface area contributed by atoms with Crippen molar-refractivity contribution < 1.29 is 42.1 Å². The number of rotatable bonds is 4. The summed E-state index contributed by atoms with van der Waals surface area (Å²) in [6.07, 6.45) is -5.74.